The molecule has 3 atom stereocenters. The van der Waals surface area contributed by atoms with E-state index in [1.807, 2.05) is 0 Å². The smallest absolute Gasteiger partial charge is 0.326 e. The van der Waals surface area contributed by atoms with E-state index in [1.54, 1.807) is 12.3 Å². The van der Waals surface area contributed by atoms with Crippen molar-refractivity contribution in [3.8, 4) is 0 Å². The molecule has 1 amide bonds. The van der Waals surface area contributed by atoms with Gasteiger partial charge >= 0.3 is 5.97 Å². The van der Waals surface area contributed by atoms with Crippen LogP contribution in [0.3, 0.4) is 0 Å². The van der Waals surface area contributed by atoms with Crippen molar-refractivity contribution < 1.29 is 14.7 Å². The second kappa shape index (κ2) is 5.90. The molecule has 118 valence electrons. The number of carboxylic acid groups (broad SMARTS) is 1. The first kappa shape index (κ1) is 14.7. The maximum Gasteiger partial charge on any atom is 0.326 e. The number of carbonyl (C=O) groups excluding carboxylic acids is 1. The standard InChI is InChI=1S/C15H20N4O3/c1-2-7-18-9-11(16-17-18)14(20)19-12-6-4-3-5-10(12)8-13(19)15(21)22/h2,9-10,12-13H,1,3-8H2,(H,21,22). The fourth-order valence-corrected chi connectivity index (χ4v) is 3.72. The minimum Gasteiger partial charge on any atom is -0.480 e. The minimum absolute atomic E-state index is 0.0203. The molecule has 1 saturated carbocycles. The Morgan fingerprint density at radius 1 is 1.41 bits per heavy atom. The highest BCUT2D eigenvalue weighted by atomic mass is 16.4. The molecule has 0 bridgehead atoms. The van der Waals surface area contributed by atoms with Crippen LogP contribution in [0.4, 0.5) is 0 Å². The number of hydrogen-bond acceptors (Lipinski definition) is 4. The van der Waals surface area contributed by atoms with Crippen molar-refractivity contribution in [2.24, 2.45) is 5.92 Å². The van der Waals surface area contributed by atoms with Crippen LogP contribution >= 0.6 is 0 Å². The van der Waals surface area contributed by atoms with Crippen LogP contribution in [-0.2, 0) is 11.3 Å². The largest absolute Gasteiger partial charge is 0.480 e. The van der Waals surface area contributed by atoms with Crippen molar-refractivity contribution >= 4 is 11.9 Å². The van der Waals surface area contributed by atoms with Crippen LogP contribution in [0.15, 0.2) is 18.9 Å². The van der Waals surface area contributed by atoms with Crippen LogP contribution < -0.4 is 0 Å². The maximum absolute atomic E-state index is 12.8. The van der Waals surface area contributed by atoms with E-state index in [4.69, 9.17) is 0 Å². The molecule has 7 nitrogen and oxygen atoms in total. The van der Waals surface area contributed by atoms with Gasteiger partial charge in [-0.3, -0.25) is 4.79 Å². The number of carboxylic acids is 1. The Labute approximate surface area is 128 Å². The molecule has 1 aliphatic carbocycles. The Morgan fingerprint density at radius 3 is 2.91 bits per heavy atom. The third-order valence-electron chi connectivity index (χ3n) is 4.68. The number of allylic oxidation sites excluding steroid dienone is 1. The van der Waals surface area contributed by atoms with E-state index in [2.05, 4.69) is 16.9 Å². The summed E-state index contributed by atoms with van der Waals surface area (Å²) in [4.78, 5) is 25.8. The molecule has 1 aliphatic heterocycles. The number of aromatic nitrogens is 3. The highest BCUT2D eigenvalue weighted by Gasteiger charge is 2.48. The zero-order chi connectivity index (χ0) is 15.7. The van der Waals surface area contributed by atoms with E-state index in [0.29, 0.717) is 18.9 Å². The van der Waals surface area contributed by atoms with Gasteiger partial charge in [-0.25, -0.2) is 9.48 Å². The first-order chi connectivity index (χ1) is 10.6. The van der Waals surface area contributed by atoms with Gasteiger partial charge in [0, 0.05) is 6.04 Å². The second-order valence-corrected chi connectivity index (χ2v) is 6.03. The lowest BCUT2D eigenvalue weighted by molar-refractivity contribution is -0.141. The van der Waals surface area contributed by atoms with Crippen molar-refractivity contribution in [1.29, 1.82) is 0 Å². The van der Waals surface area contributed by atoms with Crippen LogP contribution in [0.2, 0.25) is 0 Å². The van der Waals surface area contributed by atoms with Gasteiger partial charge in [0.15, 0.2) is 5.69 Å². The van der Waals surface area contributed by atoms with Crippen LogP contribution in [0.5, 0.6) is 0 Å². The van der Waals surface area contributed by atoms with Gasteiger partial charge in [0.2, 0.25) is 0 Å². The van der Waals surface area contributed by atoms with Crippen LogP contribution in [0.1, 0.15) is 42.6 Å². The van der Waals surface area contributed by atoms with Crippen LogP contribution in [0.25, 0.3) is 0 Å². The molecule has 7 heteroatoms. The number of aliphatic carboxylic acids is 1. The molecule has 3 rings (SSSR count). The van der Waals surface area contributed by atoms with Crippen molar-refractivity contribution in [3.05, 3.63) is 24.5 Å². The minimum atomic E-state index is -0.929. The number of likely N-dealkylation sites (tertiary alicyclic amines) is 1. The summed E-state index contributed by atoms with van der Waals surface area (Å²) in [6.07, 6.45) is 7.80. The molecular weight excluding hydrogens is 284 g/mol. The van der Waals surface area contributed by atoms with Gasteiger partial charge in [-0.2, -0.15) is 0 Å². The number of fused-ring (bicyclic) bond motifs is 1. The summed E-state index contributed by atoms with van der Waals surface area (Å²) in [5.41, 5.74) is 0.208. The van der Waals surface area contributed by atoms with Gasteiger partial charge in [-0.05, 0) is 25.2 Å². The molecule has 22 heavy (non-hydrogen) atoms. The van der Waals surface area contributed by atoms with Gasteiger partial charge in [0.25, 0.3) is 5.91 Å². The van der Waals surface area contributed by atoms with Crippen LogP contribution in [-0.4, -0.2) is 49.0 Å². The zero-order valence-electron chi connectivity index (χ0n) is 12.4. The van der Waals surface area contributed by atoms with E-state index >= 15 is 0 Å². The van der Waals surface area contributed by atoms with Crippen molar-refractivity contribution in [2.45, 2.75) is 50.7 Å². The Balaban J connectivity index is 1.86. The topological polar surface area (TPSA) is 88.3 Å². The Morgan fingerprint density at radius 2 is 2.18 bits per heavy atom. The third-order valence-corrected chi connectivity index (χ3v) is 4.68. The summed E-state index contributed by atoms with van der Waals surface area (Å²) in [5.74, 6) is -0.958. The van der Waals surface area contributed by atoms with Gasteiger partial charge in [0.05, 0.1) is 12.7 Å². The first-order valence-electron chi connectivity index (χ1n) is 7.68. The van der Waals surface area contributed by atoms with Gasteiger partial charge in [-0.15, -0.1) is 11.7 Å². The molecule has 0 spiro atoms. The van der Waals surface area contributed by atoms with Crippen LogP contribution in [0, 0.1) is 5.92 Å². The summed E-state index contributed by atoms with van der Waals surface area (Å²) in [6.45, 7) is 4.08. The van der Waals surface area contributed by atoms with Crippen molar-refractivity contribution in [3.63, 3.8) is 0 Å². The number of hydrogen-bond donors (Lipinski definition) is 1. The maximum atomic E-state index is 12.8. The van der Waals surface area contributed by atoms with E-state index in [0.717, 1.165) is 25.7 Å². The SMILES string of the molecule is C=CCn1cc(C(=O)N2C(C(=O)O)CC3CCCCC32)nn1. The fraction of sp³-hybridized carbons (Fsp3) is 0.600. The lowest BCUT2D eigenvalue weighted by Gasteiger charge is -2.32. The number of carbonyl (C=O) groups is 2. The lowest BCUT2D eigenvalue weighted by atomic mass is 9.84. The molecule has 0 aromatic carbocycles. The highest BCUT2D eigenvalue weighted by molar-refractivity contribution is 5.95. The normalized spacial score (nSPS) is 27.5. The van der Waals surface area contributed by atoms with Gasteiger partial charge in [0.1, 0.15) is 6.04 Å². The number of nitrogens with zero attached hydrogens (tertiary/aromatic N) is 4. The molecule has 1 N–H and O–H groups in total. The number of rotatable bonds is 4. The molecule has 2 fully saturated rings. The lowest BCUT2D eigenvalue weighted by Crippen LogP contribution is -2.46. The molecular formula is C15H20N4O3. The summed E-state index contributed by atoms with van der Waals surface area (Å²) in [6, 6.07) is -0.725. The third kappa shape index (κ3) is 2.51. The summed E-state index contributed by atoms with van der Waals surface area (Å²) >= 11 is 0. The van der Waals surface area contributed by atoms with Crippen molar-refractivity contribution in [2.75, 3.05) is 0 Å². The summed E-state index contributed by atoms with van der Waals surface area (Å²) in [7, 11) is 0. The van der Waals surface area contributed by atoms with Crippen molar-refractivity contribution in [1.82, 2.24) is 19.9 Å². The summed E-state index contributed by atoms with van der Waals surface area (Å²) in [5, 5.41) is 17.2. The van der Waals surface area contributed by atoms with Gasteiger partial charge in [-0.1, -0.05) is 24.1 Å². The van der Waals surface area contributed by atoms with E-state index in [9.17, 15) is 14.7 Å². The molecule has 1 saturated heterocycles. The van der Waals surface area contributed by atoms with Gasteiger partial charge < -0.3 is 10.0 Å². The first-order valence-corrected chi connectivity index (χ1v) is 7.68. The summed E-state index contributed by atoms with van der Waals surface area (Å²) < 4.78 is 1.52. The Bertz CT molecular complexity index is 597. The van der Waals surface area contributed by atoms with E-state index in [1.165, 1.54) is 9.58 Å². The Hall–Kier alpha value is -2.18. The predicted octanol–water partition coefficient (Wildman–Crippen LogP) is 1.32. The molecule has 0 radical (unpaired) electrons. The molecule has 1 aromatic heterocycles. The quantitative estimate of drug-likeness (QED) is 0.848. The average molecular weight is 304 g/mol. The Kier molecular flexibility index (Phi) is 3.96. The number of amides is 1. The predicted molar refractivity (Wildman–Crippen MR) is 78.2 cm³/mol. The average Bonchev–Trinajstić information content (AvgIpc) is 3.11. The molecule has 1 aromatic rings. The van der Waals surface area contributed by atoms with E-state index in [-0.39, 0.29) is 17.6 Å². The van der Waals surface area contributed by atoms with E-state index < -0.39 is 12.0 Å². The molecule has 2 heterocycles. The monoisotopic (exact) mass is 304 g/mol. The second-order valence-electron chi connectivity index (χ2n) is 6.03. The molecule has 2 aliphatic rings. The zero-order valence-corrected chi connectivity index (χ0v) is 12.4. The molecule has 3 unspecified atom stereocenters. The highest BCUT2D eigenvalue weighted by Crippen LogP contribution is 2.40. The fourth-order valence-electron chi connectivity index (χ4n) is 3.72.